The molecule has 0 atom stereocenters. The van der Waals surface area contributed by atoms with Crippen LogP contribution in [0, 0.1) is 27.7 Å². The Hall–Kier alpha value is -3.42. The Morgan fingerprint density at radius 1 is 0.465 bits per heavy atom. The average Bonchev–Trinajstić information content (AvgIpc) is 3.53. The Morgan fingerprint density at radius 3 is 1.12 bits per heavy atom. The fourth-order valence-corrected chi connectivity index (χ4v) is 17.5. The van der Waals surface area contributed by atoms with Gasteiger partial charge in [-0.1, -0.05) is 137 Å². The van der Waals surface area contributed by atoms with E-state index in [4.69, 9.17) is 0 Å². The zero-order valence-corrected chi connectivity index (χ0v) is 29.0. The molecule has 0 unspecified atom stereocenters. The summed E-state index contributed by atoms with van der Waals surface area (Å²) >= 11 is 0. The molecule has 0 bridgehead atoms. The molecule has 6 rings (SSSR count). The summed E-state index contributed by atoms with van der Waals surface area (Å²) in [7, 11) is -2.31. The number of aryl methyl sites for hydroxylation is 4. The van der Waals surface area contributed by atoms with Gasteiger partial charge >= 0.3 is 0 Å². The maximum Gasteiger partial charge on any atom is 0.120 e. The Labute approximate surface area is 261 Å². The molecule has 4 aromatic rings. The number of rotatable bonds is 4. The molecule has 1 heteroatoms. The van der Waals surface area contributed by atoms with Crippen LogP contribution in [0.15, 0.2) is 83.2 Å². The third-order valence-electron chi connectivity index (χ3n) is 10.5. The summed E-state index contributed by atoms with van der Waals surface area (Å²) in [6, 6.07) is 27.5. The first-order valence-electron chi connectivity index (χ1n) is 16.0. The first kappa shape index (κ1) is 29.6. The predicted octanol–water partition coefficient (Wildman–Crippen LogP) is 12.0. The Balaban J connectivity index is 1.58. The van der Waals surface area contributed by atoms with E-state index >= 15 is 0 Å². The molecule has 4 aromatic carbocycles. The number of fused-ring (bicyclic) bond motifs is 2. The van der Waals surface area contributed by atoms with E-state index in [1.807, 2.05) is 0 Å². The SMILES string of the molecule is Cc1cccc(C)c1-c1cccc2c1C=C([Si](C1=Cc3c(cccc3-c3c(C)cccc3C)C1)(C(C)(C)C)C(C)(C)C)C2. The van der Waals surface area contributed by atoms with Crippen molar-refractivity contribution in [3.05, 3.63) is 128 Å². The third kappa shape index (κ3) is 4.54. The van der Waals surface area contributed by atoms with E-state index in [0.717, 1.165) is 12.8 Å². The minimum Gasteiger partial charge on any atom is -0.0699 e. The Kier molecular flexibility index (Phi) is 7.13. The molecule has 43 heavy (non-hydrogen) atoms. The fourth-order valence-electron chi connectivity index (χ4n) is 9.39. The zero-order valence-electron chi connectivity index (χ0n) is 28.0. The van der Waals surface area contributed by atoms with Crippen LogP contribution in [0.4, 0.5) is 0 Å². The van der Waals surface area contributed by atoms with E-state index in [2.05, 4.69) is 154 Å². The quantitative estimate of drug-likeness (QED) is 0.211. The van der Waals surface area contributed by atoms with Crippen molar-refractivity contribution < 1.29 is 0 Å². The van der Waals surface area contributed by atoms with Crippen molar-refractivity contribution >= 4 is 20.2 Å². The predicted molar refractivity (Wildman–Crippen MR) is 191 cm³/mol. The van der Waals surface area contributed by atoms with Crippen molar-refractivity contribution in [1.82, 2.24) is 0 Å². The number of hydrogen-bond donors (Lipinski definition) is 0. The van der Waals surface area contributed by atoms with Gasteiger partial charge in [-0.3, -0.25) is 0 Å². The second-order valence-electron chi connectivity index (χ2n) is 15.2. The van der Waals surface area contributed by atoms with Gasteiger partial charge < -0.3 is 0 Å². The molecule has 0 amide bonds. The summed E-state index contributed by atoms with van der Waals surface area (Å²) in [5.74, 6) is 0. The smallest absolute Gasteiger partial charge is 0.0699 e. The van der Waals surface area contributed by atoms with Crippen LogP contribution in [0.3, 0.4) is 0 Å². The van der Waals surface area contributed by atoms with Crippen LogP contribution < -0.4 is 0 Å². The molecular weight excluding hydrogens is 533 g/mol. The molecule has 220 valence electrons. The van der Waals surface area contributed by atoms with Crippen molar-refractivity contribution in [2.24, 2.45) is 0 Å². The Bertz CT molecular complexity index is 1640. The molecule has 0 N–H and O–H groups in total. The molecule has 0 fully saturated rings. The maximum atomic E-state index is 2.66. The molecule has 0 spiro atoms. The van der Waals surface area contributed by atoms with Crippen LogP contribution in [-0.4, -0.2) is 8.07 Å². The lowest BCUT2D eigenvalue weighted by Crippen LogP contribution is -2.56. The molecule has 2 aliphatic rings. The van der Waals surface area contributed by atoms with Crippen molar-refractivity contribution in [3.8, 4) is 22.3 Å². The molecule has 0 saturated heterocycles. The average molecular weight is 581 g/mol. The van der Waals surface area contributed by atoms with Gasteiger partial charge in [-0.2, -0.15) is 0 Å². The number of hydrogen-bond acceptors (Lipinski definition) is 0. The lowest BCUT2D eigenvalue weighted by atomic mass is 9.91. The molecule has 0 nitrogen and oxygen atoms in total. The molecular formula is C42H48Si. The van der Waals surface area contributed by atoms with Gasteiger partial charge in [-0.05, 0) is 117 Å². The summed E-state index contributed by atoms with van der Waals surface area (Å²) in [6.45, 7) is 24.3. The standard InChI is InChI=1S/C42H48Si/c1-27-15-11-16-28(2)39(27)35-21-13-19-31-23-33(25-37(31)35)43(41(5,6)7,42(8,9)10)34-24-32-20-14-22-36(38(32)26-34)40-29(3)17-12-18-30(40)4/h11-22,25-26H,23-24H2,1-10H3. The van der Waals surface area contributed by atoms with E-state index in [0.29, 0.717) is 0 Å². The van der Waals surface area contributed by atoms with E-state index in [1.165, 1.54) is 66.8 Å². The molecule has 0 radical (unpaired) electrons. The van der Waals surface area contributed by atoms with Crippen molar-refractivity contribution in [2.45, 2.75) is 92.2 Å². The van der Waals surface area contributed by atoms with Crippen molar-refractivity contribution in [3.63, 3.8) is 0 Å². The fraction of sp³-hybridized carbons (Fsp3) is 0.333. The van der Waals surface area contributed by atoms with Crippen LogP contribution in [0.5, 0.6) is 0 Å². The largest absolute Gasteiger partial charge is 0.120 e. The molecule has 0 heterocycles. The second-order valence-corrected chi connectivity index (χ2v) is 21.0. The topological polar surface area (TPSA) is 0 Å². The van der Waals surface area contributed by atoms with Crippen LogP contribution in [-0.2, 0) is 12.8 Å². The van der Waals surface area contributed by atoms with Gasteiger partial charge in [0, 0.05) is 0 Å². The van der Waals surface area contributed by atoms with Gasteiger partial charge in [0.05, 0.1) is 0 Å². The van der Waals surface area contributed by atoms with E-state index in [9.17, 15) is 0 Å². The zero-order chi connectivity index (χ0) is 30.9. The Morgan fingerprint density at radius 2 is 0.791 bits per heavy atom. The highest BCUT2D eigenvalue weighted by molar-refractivity contribution is 6.98. The van der Waals surface area contributed by atoms with Gasteiger partial charge in [-0.25, -0.2) is 0 Å². The first-order valence-corrected chi connectivity index (χ1v) is 18.0. The summed E-state index contributed by atoms with van der Waals surface area (Å²) in [5.41, 5.74) is 16.9. The maximum absolute atomic E-state index is 2.66. The van der Waals surface area contributed by atoms with E-state index in [1.54, 1.807) is 10.4 Å². The third-order valence-corrected chi connectivity index (χ3v) is 17.6. The van der Waals surface area contributed by atoms with Crippen molar-refractivity contribution in [1.29, 1.82) is 0 Å². The molecule has 0 aromatic heterocycles. The van der Waals surface area contributed by atoms with E-state index < -0.39 is 8.07 Å². The molecule has 0 saturated carbocycles. The van der Waals surface area contributed by atoms with Gasteiger partial charge in [0.2, 0.25) is 0 Å². The summed E-state index contributed by atoms with van der Waals surface area (Å²) in [6.07, 6.45) is 7.45. The van der Waals surface area contributed by atoms with Gasteiger partial charge in [0.15, 0.2) is 0 Å². The summed E-state index contributed by atoms with van der Waals surface area (Å²) < 4.78 is 0. The van der Waals surface area contributed by atoms with Gasteiger partial charge in [0.1, 0.15) is 8.07 Å². The highest BCUT2D eigenvalue weighted by Crippen LogP contribution is 2.62. The van der Waals surface area contributed by atoms with Crippen LogP contribution >= 0.6 is 0 Å². The minimum atomic E-state index is -2.31. The second kappa shape index (κ2) is 10.3. The lowest BCUT2D eigenvalue weighted by molar-refractivity contribution is 0.622. The van der Waals surface area contributed by atoms with Crippen LogP contribution in [0.2, 0.25) is 10.1 Å². The molecule has 0 aliphatic heterocycles. The van der Waals surface area contributed by atoms with Crippen LogP contribution in [0.25, 0.3) is 34.4 Å². The minimum absolute atomic E-state index is 0.143. The van der Waals surface area contributed by atoms with Gasteiger partial charge in [0.25, 0.3) is 0 Å². The number of benzene rings is 4. The van der Waals surface area contributed by atoms with Gasteiger partial charge in [-0.15, -0.1) is 0 Å². The normalized spacial score (nSPS) is 14.8. The van der Waals surface area contributed by atoms with Crippen LogP contribution in [0.1, 0.15) is 86.1 Å². The highest BCUT2D eigenvalue weighted by Gasteiger charge is 2.58. The summed E-state index contributed by atoms with van der Waals surface area (Å²) in [5, 5.41) is 3.69. The first-order chi connectivity index (χ1) is 20.3. The van der Waals surface area contributed by atoms with E-state index in [-0.39, 0.29) is 10.1 Å². The van der Waals surface area contributed by atoms with Crippen molar-refractivity contribution in [2.75, 3.05) is 0 Å². The molecule has 2 aliphatic carbocycles. The number of allylic oxidation sites excluding steroid dienone is 2. The monoisotopic (exact) mass is 580 g/mol. The lowest BCUT2D eigenvalue weighted by Gasteiger charge is -2.54. The summed E-state index contributed by atoms with van der Waals surface area (Å²) in [4.78, 5) is 0. The highest BCUT2D eigenvalue weighted by atomic mass is 28.3.